The topological polar surface area (TPSA) is 20.3 Å². The molecular formula is C18H20FNOS. The summed E-state index contributed by atoms with van der Waals surface area (Å²) in [5.41, 5.74) is 0.938. The van der Waals surface area contributed by atoms with Gasteiger partial charge in [-0.25, -0.2) is 4.39 Å². The standard InChI is InChI=1S/C18H20FNOS/c1-14(15-8-10-16(19)11-9-15)20(2)18(21)12-13-22-17-6-4-3-5-7-17/h3-11,14H,12-13H2,1-2H3. The number of thioether (sulfide) groups is 1. The van der Waals surface area contributed by atoms with Crippen molar-refractivity contribution in [3.8, 4) is 0 Å². The predicted octanol–water partition coefficient (Wildman–Crippen LogP) is 4.53. The number of rotatable bonds is 6. The lowest BCUT2D eigenvalue weighted by molar-refractivity contribution is -0.131. The van der Waals surface area contributed by atoms with Gasteiger partial charge in [0.25, 0.3) is 0 Å². The van der Waals surface area contributed by atoms with E-state index in [0.29, 0.717) is 6.42 Å². The molecule has 116 valence electrons. The van der Waals surface area contributed by atoms with E-state index in [1.165, 1.54) is 17.0 Å². The molecule has 0 spiro atoms. The molecule has 0 aliphatic rings. The van der Waals surface area contributed by atoms with Gasteiger partial charge in [0.1, 0.15) is 5.82 Å². The Balaban J connectivity index is 1.84. The third-order valence-electron chi connectivity index (χ3n) is 3.65. The van der Waals surface area contributed by atoms with Crippen LogP contribution in [0.2, 0.25) is 0 Å². The van der Waals surface area contributed by atoms with Crippen molar-refractivity contribution in [1.82, 2.24) is 4.90 Å². The summed E-state index contributed by atoms with van der Waals surface area (Å²) in [6, 6.07) is 16.3. The average Bonchev–Trinajstić information content (AvgIpc) is 2.55. The zero-order valence-corrected chi connectivity index (χ0v) is 13.6. The van der Waals surface area contributed by atoms with Crippen LogP contribution in [-0.4, -0.2) is 23.6 Å². The predicted molar refractivity (Wildman–Crippen MR) is 89.4 cm³/mol. The van der Waals surface area contributed by atoms with Gasteiger partial charge in [-0.3, -0.25) is 4.79 Å². The molecule has 0 aliphatic heterocycles. The van der Waals surface area contributed by atoms with Gasteiger partial charge >= 0.3 is 0 Å². The second kappa shape index (κ2) is 7.99. The monoisotopic (exact) mass is 317 g/mol. The highest BCUT2D eigenvalue weighted by molar-refractivity contribution is 7.99. The molecule has 0 radical (unpaired) electrons. The Morgan fingerprint density at radius 2 is 1.77 bits per heavy atom. The maximum atomic E-state index is 13.0. The Morgan fingerprint density at radius 3 is 2.41 bits per heavy atom. The minimum absolute atomic E-state index is 0.0603. The molecule has 1 amide bonds. The number of nitrogens with zero attached hydrogens (tertiary/aromatic N) is 1. The zero-order chi connectivity index (χ0) is 15.9. The fourth-order valence-corrected chi connectivity index (χ4v) is 2.99. The molecule has 2 aromatic carbocycles. The van der Waals surface area contributed by atoms with Crippen LogP contribution in [-0.2, 0) is 4.79 Å². The number of amides is 1. The lowest BCUT2D eigenvalue weighted by Gasteiger charge is -2.25. The molecule has 0 aromatic heterocycles. The highest BCUT2D eigenvalue weighted by Gasteiger charge is 2.17. The van der Waals surface area contributed by atoms with Crippen molar-refractivity contribution in [2.45, 2.75) is 24.3 Å². The Morgan fingerprint density at radius 1 is 1.14 bits per heavy atom. The van der Waals surface area contributed by atoms with E-state index in [0.717, 1.165) is 11.3 Å². The number of hydrogen-bond donors (Lipinski definition) is 0. The van der Waals surface area contributed by atoms with Crippen LogP contribution in [0.1, 0.15) is 24.9 Å². The molecule has 0 aliphatic carbocycles. The van der Waals surface area contributed by atoms with Crippen LogP contribution in [0.25, 0.3) is 0 Å². The summed E-state index contributed by atoms with van der Waals surface area (Å²) >= 11 is 1.68. The van der Waals surface area contributed by atoms with Crippen LogP contribution in [0.15, 0.2) is 59.5 Å². The van der Waals surface area contributed by atoms with Gasteiger partial charge < -0.3 is 4.90 Å². The van der Waals surface area contributed by atoms with Crippen LogP contribution >= 0.6 is 11.8 Å². The van der Waals surface area contributed by atoms with Gasteiger partial charge in [0, 0.05) is 24.1 Å². The zero-order valence-electron chi connectivity index (χ0n) is 12.8. The molecule has 2 nitrogen and oxygen atoms in total. The van der Waals surface area contributed by atoms with Crippen LogP contribution in [0, 0.1) is 5.82 Å². The smallest absolute Gasteiger partial charge is 0.223 e. The normalized spacial score (nSPS) is 12.0. The van der Waals surface area contributed by atoms with Crippen LogP contribution in [0.3, 0.4) is 0 Å². The largest absolute Gasteiger partial charge is 0.339 e. The van der Waals surface area contributed by atoms with Crippen LogP contribution in [0.5, 0.6) is 0 Å². The van der Waals surface area contributed by atoms with Crippen molar-refractivity contribution in [3.63, 3.8) is 0 Å². The summed E-state index contributed by atoms with van der Waals surface area (Å²) in [7, 11) is 1.80. The highest BCUT2D eigenvalue weighted by Crippen LogP contribution is 2.22. The third-order valence-corrected chi connectivity index (χ3v) is 4.67. The minimum Gasteiger partial charge on any atom is -0.339 e. The van der Waals surface area contributed by atoms with E-state index >= 15 is 0 Å². The van der Waals surface area contributed by atoms with Crippen LogP contribution < -0.4 is 0 Å². The maximum Gasteiger partial charge on any atom is 0.223 e. The summed E-state index contributed by atoms with van der Waals surface area (Å²) in [4.78, 5) is 15.1. The molecule has 1 atom stereocenters. The first-order valence-corrected chi connectivity index (χ1v) is 8.25. The molecule has 4 heteroatoms. The molecular weight excluding hydrogens is 297 g/mol. The van der Waals surface area contributed by atoms with Crippen molar-refractivity contribution in [1.29, 1.82) is 0 Å². The molecule has 1 unspecified atom stereocenters. The Bertz CT molecular complexity index is 600. The van der Waals surface area contributed by atoms with Gasteiger partial charge in [-0.2, -0.15) is 0 Å². The van der Waals surface area contributed by atoms with Crippen molar-refractivity contribution >= 4 is 17.7 Å². The fraction of sp³-hybridized carbons (Fsp3) is 0.278. The molecule has 22 heavy (non-hydrogen) atoms. The molecule has 0 N–H and O–H groups in total. The Hall–Kier alpha value is -1.81. The van der Waals surface area contributed by atoms with E-state index in [1.807, 2.05) is 37.3 Å². The molecule has 0 saturated heterocycles. The molecule has 0 saturated carbocycles. The van der Waals surface area contributed by atoms with Crippen molar-refractivity contribution < 1.29 is 9.18 Å². The SMILES string of the molecule is CC(c1ccc(F)cc1)N(C)C(=O)CCSc1ccccc1. The summed E-state index contributed by atoms with van der Waals surface area (Å²) in [6.45, 7) is 1.95. The third kappa shape index (κ3) is 4.60. The maximum absolute atomic E-state index is 13.0. The van der Waals surface area contributed by atoms with Crippen molar-refractivity contribution in [3.05, 3.63) is 66.0 Å². The second-order valence-electron chi connectivity index (χ2n) is 5.14. The first kappa shape index (κ1) is 16.6. The molecule has 2 aromatic rings. The number of halogens is 1. The molecule has 2 rings (SSSR count). The van der Waals surface area contributed by atoms with E-state index in [1.54, 1.807) is 35.8 Å². The fourth-order valence-electron chi connectivity index (χ4n) is 2.13. The first-order valence-electron chi connectivity index (χ1n) is 7.27. The van der Waals surface area contributed by atoms with E-state index in [4.69, 9.17) is 0 Å². The quantitative estimate of drug-likeness (QED) is 0.730. The number of benzene rings is 2. The minimum atomic E-state index is -0.260. The van der Waals surface area contributed by atoms with Crippen molar-refractivity contribution in [2.75, 3.05) is 12.8 Å². The summed E-state index contributed by atoms with van der Waals surface area (Å²) in [5.74, 6) is 0.591. The summed E-state index contributed by atoms with van der Waals surface area (Å²) < 4.78 is 13.0. The first-order chi connectivity index (χ1) is 10.6. The van der Waals surface area contributed by atoms with Gasteiger partial charge in [0.05, 0.1) is 6.04 Å². The van der Waals surface area contributed by atoms with Crippen molar-refractivity contribution in [2.24, 2.45) is 0 Å². The number of carbonyl (C=O) groups excluding carboxylic acids is 1. The van der Waals surface area contributed by atoms with Gasteiger partial charge in [-0.1, -0.05) is 30.3 Å². The van der Waals surface area contributed by atoms with E-state index < -0.39 is 0 Å². The average molecular weight is 317 g/mol. The highest BCUT2D eigenvalue weighted by atomic mass is 32.2. The van der Waals surface area contributed by atoms with Gasteiger partial charge in [0.2, 0.25) is 5.91 Å². The van der Waals surface area contributed by atoms with E-state index in [-0.39, 0.29) is 17.8 Å². The molecule has 0 fully saturated rings. The van der Waals surface area contributed by atoms with E-state index in [2.05, 4.69) is 0 Å². The summed E-state index contributed by atoms with van der Waals surface area (Å²) in [5, 5.41) is 0. The number of carbonyl (C=O) groups is 1. The van der Waals surface area contributed by atoms with Crippen LogP contribution in [0.4, 0.5) is 4.39 Å². The summed E-state index contributed by atoms with van der Waals surface area (Å²) in [6.07, 6.45) is 0.488. The lowest BCUT2D eigenvalue weighted by atomic mass is 10.1. The van der Waals surface area contributed by atoms with Gasteiger partial charge in [-0.15, -0.1) is 11.8 Å². The molecule has 0 bridgehead atoms. The van der Waals surface area contributed by atoms with Gasteiger partial charge in [-0.05, 0) is 36.8 Å². The Kier molecular flexibility index (Phi) is 6.01. The molecule has 0 heterocycles. The lowest BCUT2D eigenvalue weighted by Crippen LogP contribution is -2.29. The van der Waals surface area contributed by atoms with Gasteiger partial charge in [0.15, 0.2) is 0 Å². The van der Waals surface area contributed by atoms with E-state index in [9.17, 15) is 9.18 Å². The number of hydrogen-bond acceptors (Lipinski definition) is 2. The Labute approximate surface area is 135 Å². The second-order valence-corrected chi connectivity index (χ2v) is 6.31.